The van der Waals surface area contributed by atoms with Gasteiger partial charge < -0.3 is 5.11 Å². The lowest BCUT2D eigenvalue weighted by Crippen LogP contribution is -2.24. The molecular formula is C15H15BrO3. The highest BCUT2D eigenvalue weighted by Gasteiger charge is 2.31. The summed E-state index contributed by atoms with van der Waals surface area (Å²) in [6.07, 6.45) is 3.24. The second-order valence-corrected chi connectivity index (χ2v) is 5.32. The fraction of sp³-hybridized carbons (Fsp3) is 0.333. The average Bonchev–Trinajstić information content (AvgIpc) is 2.44. The van der Waals surface area contributed by atoms with Gasteiger partial charge in [0.2, 0.25) is 11.6 Å². The van der Waals surface area contributed by atoms with E-state index >= 15 is 0 Å². The first-order valence-electron chi connectivity index (χ1n) is 6.33. The number of hydrogen-bond acceptors (Lipinski definition) is 3. The number of halogens is 1. The number of benzene rings is 1. The molecule has 0 saturated carbocycles. The van der Waals surface area contributed by atoms with Crippen LogP contribution >= 0.6 is 15.9 Å². The second kappa shape index (κ2) is 6.15. The van der Waals surface area contributed by atoms with Crippen molar-refractivity contribution in [3.63, 3.8) is 0 Å². The molecule has 19 heavy (non-hydrogen) atoms. The van der Waals surface area contributed by atoms with Gasteiger partial charge in [0.25, 0.3) is 0 Å². The number of hydrogen-bond donors (Lipinski definition) is 1. The molecule has 1 aromatic rings. The van der Waals surface area contributed by atoms with E-state index < -0.39 is 11.6 Å². The molecule has 1 N–H and O–H groups in total. The third kappa shape index (κ3) is 2.78. The van der Waals surface area contributed by atoms with E-state index in [4.69, 9.17) is 0 Å². The van der Waals surface area contributed by atoms with Gasteiger partial charge in [0.15, 0.2) is 0 Å². The second-order valence-electron chi connectivity index (χ2n) is 4.53. The average molecular weight is 323 g/mol. The number of aliphatic hydroxyl groups is 1. The van der Waals surface area contributed by atoms with Crippen molar-refractivity contribution in [2.45, 2.75) is 25.7 Å². The molecule has 0 saturated heterocycles. The highest BCUT2D eigenvalue weighted by atomic mass is 79.9. The van der Waals surface area contributed by atoms with E-state index in [0.717, 1.165) is 24.6 Å². The van der Waals surface area contributed by atoms with Gasteiger partial charge in [0.1, 0.15) is 5.76 Å². The number of unbranched alkanes of at least 4 members (excludes halogenated alkanes) is 2. The van der Waals surface area contributed by atoms with Crippen LogP contribution in [0.15, 0.2) is 29.8 Å². The zero-order valence-electron chi connectivity index (χ0n) is 10.5. The number of fused-ring (bicyclic) bond motifs is 1. The number of ketones is 2. The van der Waals surface area contributed by atoms with E-state index in [9.17, 15) is 14.7 Å². The molecule has 0 bridgehead atoms. The largest absolute Gasteiger partial charge is 0.507 e. The molecule has 0 radical (unpaired) electrons. The summed E-state index contributed by atoms with van der Waals surface area (Å²) in [6.45, 7) is 0. The fourth-order valence-corrected chi connectivity index (χ4v) is 2.62. The Hall–Kier alpha value is -1.42. The quantitative estimate of drug-likeness (QED) is 0.511. The molecule has 0 atom stereocenters. The topological polar surface area (TPSA) is 54.4 Å². The highest BCUT2D eigenvalue weighted by molar-refractivity contribution is 9.09. The predicted molar refractivity (Wildman–Crippen MR) is 77.6 cm³/mol. The van der Waals surface area contributed by atoms with Crippen LogP contribution in [0.5, 0.6) is 0 Å². The Kier molecular flexibility index (Phi) is 4.53. The molecular weight excluding hydrogens is 308 g/mol. The summed E-state index contributed by atoms with van der Waals surface area (Å²) in [4.78, 5) is 23.9. The number of Topliss-reactive ketones (excluding diaryl/α,β-unsaturated/α-hetero) is 2. The summed E-state index contributed by atoms with van der Waals surface area (Å²) in [7, 11) is 0. The van der Waals surface area contributed by atoms with Gasteiger partial charge >= 0.3 is 0 Å². The summed E-state index contributed by atoms with van der Waals surface area (Å²) in [5, 5.41) is 11.1. The Balaban J connectivity index is 2.27. The zero-order valence-corrected chi connectivity index (χ0v) is 12.1. The Bertz CT molecular complexity index is 546. The normalized spacial score (nSPS) is 14.8. The first kappa shape index (κ1) is 14.0. The van der Waals surface area contributed by atoms with Gasteiger partial charge in [0, 0.05) is 22.0 Å². The van der Waals surface area contributed by atoms with E-state index in [-0.39, 0.29) is 11.3 Å². The van der Waals surface area contributed by atoms with Crippen LogP contribution in [0.4, 0.5) is 0 Å². The minimum atomic E-state index is -0.560. The Morgan fingerprint density at radius 1 is 0.947 bits per heavy atom. The Labute approximate surface area is 120 Å². The highest BCUT2D eigenvalue weighted by Crippen LogP contribution is 2.30. The van der Waals surface area contributed by atoms with Gasteiger partial charge in [-0.05, 0) is 19.3 Å². The van der Waals surface area contributed by atoms with E-state index in [1.165, 1.54) is 0 Å². The van der Waals surface area contributed by atoms with Crippen molar-refractivity contribution in [2.24, 2.45) is 0 Å². The Morgan fingerprint density at radius 3 is 2.32 bits per heavy atom. The van der Waals surface area contributed by atoms with Gasteiger partial charge in [-0.3, -0.25) is 9.59 Å². The van der Waals surface area contributed by atoms with E-state index in [0.29, 0.717) is 17.5 Å². The minimum absolute atomic E-state index is 0.0287. The van der Waals surface area contributed by atoms with Crippen LogP contribution in [0.2, 0.25) is 0 Å². The van der Waals surface area contributed by atoms with Crippen LogP contribution in [0.1, 0.15) is 41.6 Å². The predicted octanol–water partition coefficient (Wildman–Crippen LogP) is 3.68. The van der Waals surface area contributed by atoms with Crippen molar-refractivity contribution in [1.82, 2.24) is 0 Å². The van der Waals surface area contributed by atoms with Gasteiger partial charge in [0.05, 0.1) is 0 Å². The zero-order chi connectivity index (χ0) is 13.8. The molecule has 0 aromatic heterocycles. The maximum Gasteiger partial charge on any atom is 0.234 e. The molecule has 1 aromatic carbocycles. The molecule has 100 valence electrons. The van der Waals surface area contributed by atoms with Crippen molar-refractivity contribution in [2.75, 3.05) is 5.33 Å². The Morgan fingerprint density at radius 2 is 1.63 bits per heavy atom. The maximum absolute atomic E-state index is 12.0. The van der Waals surface area contributed by atoms with Crippen molar-refractivity contribution < 1.29 is 14.7 Å². The first-order chi connectivity index (χ1) is 9.16. The summed E-state index contributed by atoms with van der Waals surface area (Å²) in [5.41, 5.74) is 1.04. The lowest BCUT2D eigenvalue weighted by atomic mass is 9.86. The molecule has 3 nitrogen and oxygen atoms in total. The monoisotopic (exact) mass is 322 g/mol. The van der Waals surface area contributed by atoms with Crippen molar-refractivity contribution in [1.29, 1.82) is 0 Å². The number of aliphatic hydroxyl groups excluding tert-OH is 1. The molecule has 0 amide bonds. The van der Waals surface area contributed by atoms with Crippen LogP contribution in [0.3, 0.4) is 0 Å². The summed E-state index contributed by atoms with van der Waals surface area (Å²) in [5.74, 6) is -1.10. The number of carbonyl (C=O) groups excluding carboxylic acids is 2. The lowest BCUT2D eigenvalue weighted by molar-refractivity contribution is -0.112. The number of rotatable bonds is 5. The van der Waals surface area contributed by atoms with Gasteiger partial charge in [-0.15, -0.1) is 0 Å². The number of allylic oxidation sites excluding steroid dienone is 1. The molecule has 0 fully saturated rings. The molecule has 0 aliphatic heterocycles. The van der Waals surface area contributed by atoms with Gasteiger partial charge in [-0.1, -0.05) is 46.6 Å². The fourth-order valence-electron chi connectivity index (χ4n) is 2.22. The number of alkyl halides is 1. The SMILES string of the molecule is O=C1C(=O)c2ccccc2C(O)=C1CCCCCBr. The molecule has 2 rings (SSSR count). The van der Waals surface area contributed by atoms with Crippen LogP contribution in [0.25, 0.3) is 5.76 Å². The third-order valence-electron chi connectivity index (χ3n) is 3.25. The van der Waals surface area contributed by atoms with Crippen molar-refractivity contribution in [3.05, 3.63) is 41.0 Å². The molecule has 1 aliphatic carbocycles. The van der Waals surface area contributed by atoms with Crippen LogP contribution < -0.4 is 0 Å². The molecule has 0 spiro atoms. The molecule has 0 heterocycles. The standard InChI is InChI=1S/C15H15BrO3/c16-9-5-1-2-8-12-13(17)10-6-3-4-7-11(10)14(18)15(12)19/h3-4,6-7,17H,1-2,5,8-9H2. The maximum atomic E-state index is 12.0. The molecule has 0 unspecified atom stereocenters. The van der Waals surface area contributed by atoms with Crippen LogP contribution in [-0.2, 0) is 4.79 Å². The third-order valence-corrected chi connectivity index (χ3v) is 3.81. The van der Waals surface area contributed by atoms with Crippen molar-refractivity contribution >= 4 is 33.3 Å². The molecule has 4 heteroatoms. The smallest absolute Gasteiger partial charge is 0.234 e. The minimum Gasteiger partial charge on any atom is -0.507 e. The summed E-state index contributed by atoms with van der Waals surface area (Å²) >= 11 is 3.35. The van der Waals surface area contributed by atoms with E-state index in [1.807, 2.05) is 0 Å². The summed E-state index contributed by atoms with van der Waals surface area (Å²) < 4.78 is 0. The van der Waals surface area contributed by atoms with Gasteiger partial charge in [-0.25, -0.2) is 0 Å². The van der Waals surface area contributed by atoms with Crippen LogP contribution in [-0.4, -0.2) is 22.0 Å². The lowest BCUT2D eigenvalue weighted by Gasteiger charge is -2.17. The summed E-state index contributed by atoms with van der Waals surface area (Å²) in [6, 6.07) is 6.69. The number of carbonyl (C=O) groups is 2. The first-order valence-corrected chi connectivity index (χ1v) is 7.45. The van der Waals surface area contributed by atoms with E-state index in [2.05, 4.69) is 15.9 Å². The van der Waals surface area contributed by atoms with Crippen LogP contribution in [0, 0.1) is 0 Å². The molecule has 1 aliphatic rings. The van der Waals surface area contributed by atoms with Gasteiger partial charge in [-0.2, -0.15) is 0 Å². The van der Waals surface area contributed by atoms with E-state index in [1.54, 1.807) is 24.3 Å². The van der Waals surface area contributed by atoms with Crippen molar-refractivity contribution in [3.8, 4) is 0 Å².